The standard InChI is InChI=1S/C20H22N4O4/c1-27-18-8-13-14(9-19(18)28-2)22-11-23-20(13)24-6-5-21-15(10-24)12-3-4-16(25)17(26)7-12/h3-4,7-9,11,15,21,25-26H,5-6,10H2,1-2H3. The molecule has 0 amide bonds. The second kappa shape index (κ2) is 7.40. The molecule has 4 rings (SSSR count). The first kappa shape index (κ1) is 18.1. The van der Waals surface area contributed by atoms with Crippen LogP contribution in [0.3, 0.4) is 0 Å². The average Bonchev–Trinajstić information content (AvgIpc) is 2.74. The predicted molar refractivity (Wildman–Crippen MR) is 105 cm³/mol. The molecular weight excluding hydrogens is 360 g/mol. The largest absolute Gasteiger partial charge is 0.504 e. The van der Waals surface area contributed by atoms with Gasteiger partial charge < -0.3 is 29.9 Å². The predicted octanol–water partition coefficient (Wildman–Crippen LogP) is 2.21. The lowest BCUT2D eigenvalue weighted by Crippen LogP contribution is -2.46. The maximum Gasteiger partial charge on any atom is 0.162 e. The highest BCUT2D eigenvalue weighted by atomic mass is 16.5. The molecule has 8 nitrogen and oxygen atoms in total. The molecule has 2 heterocycles. The lowest BCUT2D eigenvalue weighted by Gasteiger charge is -2.35. The van der Waals surface area contributed by atoms with Gasteiger partial charge in [0.2, 0.25) is 0 Å². The van der Waals surface area contributed by atoms with Crippen molar-refractivity contribution in [3.05, 3.63) is 42.2 Å². The summed E-state index contributed by atoms with van der Waals surface area (Å²) in [4.78, 5) is 11.1. The summed E-state index contributed by atoms with van der Waals surface area (Å²) < 4.78 is 10.8. The number of phenols is 2. The molecule has 1 saturated heterocycles. The SMILES string of the molecule is COc1cc2ncnc(N3CCNC(c4ccc(O)c(O)c4)C3)c2cc1OC. The van der Waals surface area contributed by atoms with E-state index < -0.39 is 0 Å². The summed E-state index contributed by atoms with van der Waals surface area (Å²) in [5.41, 5.74) is 1.68. The molecule has 146 valence electrons. The van der Waals surface area contributed by atoms with Crippen LogP contribution in [0.2, 0.25) is 0 Å². The molecule has 8 heteroatoms. The Labute approximate surface area is 162 Å². The molecular formula is C20H22N4O4. The number of hydrogen-bond acceptors (Lipinski definition) is 8. The number of methoxy groups -OCH3 is 2. The molecule has 1 unspecified atom stereocenters. The Hall–Kier alpha value is -3.26. The average molecular weight is 382 g/mol. The van der Waals surface area contributed by atoms with E-state index in [0.29, 0.717) is 18.0 Å². The Bertz CT molecular complexity index is 1010. The van der Waals surface area contributed by atoms with E-state index in [2.05, 4.69) is 20.2 Å². The summed E-state index contributed by atoms with van der Waals surface area (Å²) in [6.07, 6.45) is 1.55. The minimum atomic E-state index is -0.126. The zero-order chi connectivity index (χ0) is 19.7. The highest BCUT2D eigenvalue weighted by molar-refractivity contribution is 5.92. The van der Waals surface area contributed by atoms with Gasteiger partial charge >= 0.3 is 0 Å². The van der Waals surface area contributed by atoms with E-state index >= 15 is 0 Å². The van der Waals surface area contributed by atoms with Crippen LogP contribution in [0.1, 0.15) is 11.6 Å². The summed E-state index contributed by atoms with van der Waals surface area (Å²) in [7, 11) is 3.20. The van der Waals surface area contributed by atoms with E-state index in [4.69, 9.17) is 9.47 Å². The first-order valence-corrected chi connectivity index (χ1v) is 8.97. The van der Waals surface area contributed by atoms with E-state index in [1.54, 1.807) is 26.6 Å². The van der Waals surface area contributed by atoms with Crippen LogP contribution in [0.5, 0.6) is 23.0 Å². The summed E-state index contributed by atoms with van der Waals surface area (Å²) in [6, 6.07) is 8.63. The van der Waals surface area contributed by atoms with Crippen molar-refractivity contribution < 1.29 is 19.7 Å². The number of nitrogens with one attached hydrogen (secondary N) is 1. The maximum atomic E-state index is 9.82. The molecule has 1 aromatic heterocycles. The van der Waals surface area contributed by atoms with Crippen molar-refractivity contribution in [2.75, 3.05) is 38.8 Å². The fourth-order valence-corrected chi connectivity index (χ4v) is 3.54. The quantitative estimate of drug-likeness (QED) is 0.591. The smallest absolute Gasteiger partial charge is 0.162 e. The topological polar surface area (TPSA) is 100.0 Å². The van der Waals surface area contributed by atoms with Crippen LogP contribution in [0, 0.1) is 0 Å². The Morgan fingerprint density at radius 3 is 2.57 bits per heavy atom. The van der Waals surface area contributed by atoms with Gasteiger partial charge in [-0.2, -0.15) is 0 Å². The van der Waals surface area contributed by atoms with Crippen molar-refractivity contribution in [1.29, 1.82) is 0 Å². The highest BCUT2D eigenvalue weighted by Gasteiger charge is 2.24. The number of anilines is 1. The van der Waals surface area contributed by atoms with Crippen LogP contribution < -0.4 is 19.7 Å². The minimum absolute atomic E-state index is 0.00888. The molecule has 1 aliphatic rings. The molecule has 28 heavy (non-hydrogen) atoms. The van der Waals surface area contributed by atoms with Gasteiger partial charge in [0, 0.05) is 31.1 Å². The Kier molecular flexibility index (Phi) is 4.79. The van der Waals surface area contributed by atoms with Crippen LogP contribution in [-0.4, -0.2) is 54.0 Å². The van der Waals surface area contributed by atoms with E-state index in [1.165, 1.54) is 6.07 Å². The fraction of sp³-hybridized carbons (Fsp3) is 0.300. The van der Waals surface area contributed by atoms with Gasteiger partial charge in [-0.3, -0.25) is 0 Å². The normalized spacial score (nSPS) is 16.9. The number of rotatable bonds is 4. The van der Waals surface area contributed by atoms with Crippen molar-refractivity contribution in [2.45, 2.75) is 6.04 Å². The lowest BCUT2D eigenvalue weighted by molar-refractivity contribution is 0.355. The van der Waals surface area contributed by atoms with Gasteiger partial charge in [-0.05, 0) is 23.8 Å². The first-order valence-electron chi connectivity index (χ1n) is 8.97. The van der Waals surface area contributed by atoms with Gasteiger partial charge in [0.15, 0.2) is 23.0 Å². The molecule has 0 spiro atoms. The van der Waals surface area contributed by atoms with E-state index in [0.717, 1.165) is 35.4 Å². The van der Waals surface area contributed by atoms with Gasteiger partial charge in [-0.25, -0.2) is 9.97 Å². The number of aromatic hydroxyl groups is 2. The lowest BCUT2D eigenvalue weighted by atomic mass is 10.0. The summed E-state index contributed by atoms with van der Waals surface area (Å²) in [5, 5.41) is 23.7. The fourth-order valence-electron chi connectivity index (χ4n) is 3.54. The number of hydrogen-bond donors (Lipinski definition) is 3. The van der Waals surface area contributed by atoms with Crippen LogP contribution in [-0.2, 0) is 0 Å². The third-order valence-corrected chi connectivity index (χ3v) is 5.00. The zero-order valence-corrected chi connectivity index (χ0v) is 15.7. The zero-order valence-electron chi connectivity index (χ0n) is 15.7. The van der Waals surface area contributed by atoms with E-state index in [-0.39, 0.29) is 17.5 Å². The van der Waals surface area contributed by atoms with Gasteiger partial charge in [-0.1, -0.05) is 6.07 Å². The Morgan fingerprint density at radius 2 is 1.82 bits per heavy atom. The van der Waals surface area contributed by atoms with Gasteiger partial charge in [0.1, 0.15) is 12.1 Å². The maximum absolute atomic E-state index is 9.82. The molecule has 1 atom stereocenters. The van der Waals surface area contributed by atoms with Crippen molar-refractivity contribution in [3.63, 3.8) is 0 Å². The third-order valence-electron chi connectivity index (χ3n) is 5.00. The Morgan fingerprint density at radius 1 is 1.04 bits per heavy atom. The molecule has 0 aliphatic carbocycles. The minimum Gasteiger partial charge on any atom is -0.504 e. The number of nitrogens with zero attached hydrogens (tertiary/aromatic N) is 3. The monoisotopic (exact) mass is 382 g/mol. The molecule has 2 aromatic carbocycles. The number of benzene rings is 2. The molecule has 0 radical (unpaired) electrons. The number of aromatic nitrogens is 2. The van der Waals surface area contributed by atoms with Crippen molar-refractivity contribution >= 4 is 16.7 Å². The van der Waals surface area contributed by atoms with E-state index in [9.17, 15) is 10.2 Å². The number of ether oxygens (including phenoxy) is 2. The molecule has 1 aliphatic heterocycles. The molecule has 0 bridgehead atoms. The summed E-state index contributed by atoms with van der Waals surface area (Å²) in [6.45, 7) is 2.19. The number of phenolic OH excluding ortho intramolecular Hbond substituents is 2. The molecule has 0 saturated carbocycles. The van der Waals surface area contributed by atoms with E-state index in [1.807, 2.05) is 18.2 Å². The molecule has 1 fully saturated rings. The van der Waals surface area contributed by atoms with Crippen molar-refractivity contribution in [3.8, 4) is 23.0 Å². The third kappa shape index (κ3) is 3.22. The van der Waals surface area contributed by atoms with Gasteiger partial charge in [0.25, 0.3) is 0 Å². The van der Waals surface area contributed by atoms with Gasteiger partial charge in [0.05, 0.1) is 25.8 Å². The van der Waals surface area contributed by atoms with Gasteiger partial charge in [-0.15, -0.1) is 0 Å². The number of fused-ring (bicyclic) bond motifs is 1. The van der Waals surface area contributed by atoms with Crippen molar-refractivity contribution in [1.82, 2.24) is 15.3 Å². The van der Waals surface area contributed by atoms with Crippen LogP contribution >= 0.6 is 0 Å². The second-order valence-corrected chi connectivity index (χ2v) is 6.62. The van der Waals surface area contributed by atoms with Crippen LogP contribution in [0.4, 0.5) is 5.82 Å². The Balaban J connectivity index is 1.70. The van der Waals surface area contributed by atoms with Crippen LogP contribution in [0.15, 0.2) is 36.7 Å². The van der Waals surface area contributed by atoms with Crippen LogP contribution in [0.25, 0.3) is 10.9 Å². The molecule has 3 N–H and O–H groups in total. The summed E-state index contributed by atoms with van der Waals surface area (Å²) >= 11 is 0. The number of piperazine rings is 1. The summed E-state index contributed by atoms with van der Waals surface area (Å²) in [5.74, 6) is 1.82. The van der Waals surface area contributed by atoms with Crippen molar-refractivity contribution in [2.24, 2.45) is 0 Å². The molecule has 3 aromatic rings. The first-order chi connectivity index (χ1) is 13.6. The highest BCUT2D eigenvalue weighted by Crippen LogP contribution is 2.36. The second-order valence-electron chi connectivity index (χ2n) is 6.62.